The highest BCUT2D eigenvalue weighted by atomic mass is 15.2. The smallest absolute Gasteiger partial charge is 0.0110 e. The van der Waals surface area contributed by atoms with Crippen LogP contribution in [0.2, 0.25) is 0 Å². The van der Waals surface area contributed by atoms with Crippen LogP contribution in [0.1, 0.15) is 84.8 Å². The lowest BCUT2D eigenvalue weighted by Gasteiger charge is -2.40. The van der Waals surface area contributed by atoms with Crippen LogP contribution in [0.15, 0.2) is 24.3 Å². The van der Waals surface area contributed by atoms with Gasteiger partial charge in [0.2, 0.25) is 0 Å². The molecule has 1 aromatic rings. The van der Waals surface area contributed by atoms with Crippen molar-refractivity contribution in [2.24, 2.45) is 5.92 Å². The molecule has 0 radical (unpaired) electrons. The molecule has 0 N–H and O–H groups in total. The van der Waals surface area contributed by atoms with Gasteiger partial charge in [0.15, 0.2) is 0 Å². The van der Waals surface area contributed by atoms with Crippen molar-refractivity contribution < 1.29 is 0 Å². The van der Waals surface area contributed by atoms with E-state index in [4.69, 9.17) is 0 Å². The fraction of sp³-hybridized carbons (Fsp3) is 0.739. The van der Waals surface area contributed by atoms with Crippen LogP contribution in [-0.4, -0.2) is 23.5 Å². The first-order valence-electron chi connectivity index (χ1n) is 10.2. The molecular weight excluding hydrogens is 290 g/mol. The summed E-state index contributed by atoms with van der Waals surface area (Å²) in [6.45, 7) is 15.2. The first-order valence-corrected chi connectivity index (χ1v) is 10.2. The maximum Gasteiger partial charge on any atom is 0.0110 e. The van der Waals surface area contributed by atoms with Gasteiger partial charge in [0.1, 0.15) is 0 Å². The molecule has 1 heteroatoms. The highest BCUT2D eigenvalue weighted by Crippen LogP contribution is 2.31. The Morgan fingerprint density at radius 3 is 2.04 bits per heavy atom. The van der Waals surface area contributed by atoms with E-state index in [2.05, 4.69) is 70.7 Å². The summed E-state index contributed by atoms with van der Waals surface area (Å²) in [5, 5.41) is 0. The van der Waals surface area contributed by atoms with Crippen molar-refractivity contribution in [1.82, 2.24) is 4.90 Å². The number of hydrogen-bond donors (Lipinski definition) is 0. The second-order valence-corrected chi connectivity index (χ2v) is 8.91. The lowest BCUT2D eigenvalue weighted by Crippen LogP contribution is -2.44. The molecule has 1 aromatic carbocycles. The molecule has 0 saturated heterocycles. The Labute approximate surface area is 150 Å². The summed E-state index contributed by atoms with van der Waals surface area (Å²) in [6, 6.07) is 10.8. The predicted octanol–water partition coefficient (Wildman–Crippen LogP) is 6.21. The molecule has 136 valence electrons. The highest BCUT2D eigenvalue weighted by Gasteiger charge is 2.27. The summed E-state index contributed by atoms with van der Waals surface area (Å²) in [5.74, 6) is 0.986. The van der Waals surface area contributed by atoms with Gasteiger partial charge in [-0.2, -0.15) is 0 Å². The minimum atomic E-state index is 0.248. The van der Waals surface area contributed by atoms with E-state index in [0.717, 1.165) is 12.0 Å². The molecule has 0 spiro atoms. The Kier molecular flexibility index (Phi) is 6.92. The Balaban J connectivity index is 1.95. The van der Waals surface area contributed by atoms with E-state index >= 15 is 0 Å². The van der Waals surface area contributed by atoms with E-state index in [1.165, 1.54) is 56.2 Å². The predicted molar refractivity (Wildman–Crippen MR) is 107 cm³/mol. The SMILES string of the molecule is CCC1CCC(N(CC)C(C)Cc2ccc(C(C)(C)C)cc2)CC1. The van der Waals surface area contributed by atoms with Gasteiger partial charge >= 0.3 is 0 Å². The molecule has 0 aromatic heterocycles. The lowest BCUT2D eigenvalue weighted by atomic mass is 9.83. The van der Waals surface area contributed by atoms with Gasteiger partial charge in [-0.1, -0.05) is 65.3 Å². The maximum atomic E-state index is 2.77. The Hall–Kier alpha value is -0.820. The van der Waals surface area contributed by atoms with E-state index in [9.17, 15) is 0 Å². The molecule has 1 nitrogen and oxygen atoms in total. The summed E-state index contributed by atoms with van der Waals surface area (Å²) in [7, 11) is 0. The van der Waals surface area contributed by atoms with Gasteiger partial charge < -0.3 is 0 Å². The van der Waals surface area contributed by atoms with Crippen LogP contribution in [0.4, 0.5) is 0 Å². The molecule has 1 aliphatic rings. The van der Waals surface area contributed by atoms with E-state index in [1.54, 1.807) is 0 Å². The van der Waals surface area contributed by atoms with Crippen molar-refractivity contribution in [1.29, 1.82) is 0 Å². The Morgan fingerprint density at radius 2 is 1.58 bits per heavy atom. The lowest BCUT2D eigenvalue weighted by molar-refractivity contribution is 0.103. The second kappa shape index (κ2) is 8.52. The van der Waals surface area contributed by atoms with Crippen molar-refractivity contribution in [2.75, 3.05) is 6.54 Å². The largest absolute Gasteiger partial charge is 0.298 e. The summed E-state index contributed by atoms with van der Waals surface area (Å²) < 4.78 is 0. The fourth-order valence-corrected chi connectivity index (χ4v) is 4.41. The molecule has 1 fully saturated rings. The zero-order valence-electron chi connectivity index (χ0n) is 16.9. The molecule has 1 atom stereocenters. The third-order valence-corrected chi connectivity index (χ3v) is 6.15. The number of nitrogens with zero attached hydrogens (tertiary/aromatic N) is 1. The van der Waals surface area contributed by atoms with Crippen LogP contribution in [0, 0.1) is 5.92 Å². The Morgan fingerprint density at radius 1 is 1.00 bits per heavy atom. The number of benzene rings is 1. The zero-order chi connectivity index (χ0) is 17.7. The standard InChI is InChI=1S/C23H39N/c1-7-19-11-15-22(16-12-19)24(8-2)18(3)17-20-9-13-21(14-10-20)23(4,5)6/h9-10,13-14,18-19,22H,7-8,11-12,15-17H2,1-6H3. The minimum absolute atomic E-state index is 0.248. The van der Waals surface area contributed by atoms with E-state index in [1.807, 2.05) is 0 Å². The van der Waals surface area contributed by atoms with Crippen molar-refractivity contribution in [3.05, 3.63) is 35.4 Å². The number of likely N-dealkylation sites (N-methyl/N-ethyl adjacent to an activating group) is 1. The van der Waals surface area contributed by atoms with Gasteiger partial charge in [0.25, 0.3) is 0 Å². The summed E-state index contributed by atoms with van der Waals surface area (Å²) in [4.78, 5) is 2.77. The van der Waals surface area contributed by atoms with Crippen LogP contribution in [0.5, 0.6) is 0 Å². The van der Waals surface area contributed by atoms with E-state index < -0.39 is 0 Å². The van der Waals surface area contributed by atoms with Crippen LogP contribution >= 0.6 is 0 Å². The van der Waals surface area contributed by atoms with Crippen LogP contribution in [0.3, 0.4) is 0 Å². The van der Waals surface area contributed by atoms with Crippen molar-refractivity contribution in [2.45, 2.75) is 97.6 Å². The summed E-state index contributed by atoms with van der Waals surface area (Å²) in [6.07, 6.45) is 8.22. The molecule has 24 heavy (non-hydrogen) atoms. The van der Waals surface area contributed by atoms with E-state index in [-0.39, 0.29) is 5.41 Å². The number of rotatable bonds is 6. The second-order valence-electron chi connectivity index (χ2n) is 8.91. The molecule has 0 amide bonds. The average Bonchev–Trinajstić information content (AvgIpc) is 2.56. The highest BCUT2D eigenvalue weighted by molar-refractivity contribution is 5.28. The molecule has 0 aliphatic heterocycles. The minimum Gasteiger partial charge on any atom is -0.298 e. The first kappa shape index (κ1) is 19.5. The number of hydrogen-bond acceptors (Lipinski definition) is 1. The van der Waals surface area contributed by atoms with Gasteiger partial charge in [0.05, 0.1) is 0 Å². The molecule has 0 bridgehead atoms. The van der Waals surface area contributed by atoms with Crippen LogP contribution in [0.25, 0.3) is 0 Å². The summed E-state index contributed by atoms with van der Waals surface area (Å²) >= 11 is 0. The summed E-state index contributed by atoms with van der Waals surface area (Å²) in [5.41, 5.74) is 3.16. The normalized spacial score (nSPS) is 23.5. The molecular formula is C23H39N. The quantitative estimate of drug-likeness (QED) is 0.600. The monoisotopic (exact) mass is 329 g/mol. The van der Waals surface area contributed by atoms with Crippen LogP contribution in [-0.2, 0) is 11.8 Å². The molecule has 2 rings (SSSR count). The van der Waals surface area contributed by atoms with Gasteiger partial charge in [-0.3, -0.25) is 4.90 Å². The van der Waals surface area contributed by atoms with Crippen molar-refractivity contribution in [3.63, 3.8) is 0 Å². The van der Waals surface area contributed by atoms with Crippen LogP contribution < -0.4 is 0 Å². The van der Waals surface area contributed by atoms with Crippen molar-refractivity contribution in [3.8, 4) is 0 Å². The molecule has 1 saturated carbocycles. The third kappa shape index (κ3) is 5.09. The van der Waals surface area contributed by atoms with E-state index in [0.29, 0.717) is 6.04 Å². The topological polar surface area (TPSA) is 3.24 Å². The first-order chi connectivity index (χ1) is 11.3. The van der Waals surface area contributed by atoms with Crippen molar-refractivity contribution >= 4 is 0 Å². The molecule has 0 heterocycles. The van der Waals surface area contributed by atoms with Gasteiger partial charge in [-0.25, -0.2) is 0 Å². The fourth-order valence-electron chi connectivity index (χ4n) is 4.41. The average molecular weight is 330 g/mol. The Bertz CT molecular complexity index is 474. The van der Waals surface area contributed by atoms with Gasteiger partial charge in [0, 0.05) is 12.1 Å². The molecule has 1 unspecified atom stereocenters. The zero-order valence-corrected chi connectivity index (χ0v) is 16.9. The van der Waals surface area contributed by atoms with Gasteiger partial charge in [-0.05, 0) is 68.0 Å². The third-order valence-electron chi connectivity index (χ3n) is 6.15. The maximum absolute atomic E-state index is 2.77. The molecule has 1 aliphatic carbocycles. The van der Waals surface area contributed by atoms with Gasteiger partial charge in [-0.15, -0.1) is 0 Å².